The Hall–Kier alpha value is -1.35. The highest BCUT2D eigenvalue weighted by molar-refractivity contribution is 5.94. The number of rotatable bonds is 5. The first-order valence-electron chi connectivity index (χ1n) is 6.37. The summed E-state index contributed by atoms with van der Waals surface area (Å²) in [7, 11) is 0. The molecule has 1 amide bonds. The number of carbonyl (C=O) groups is 1. The van der Waals surface area contributed by atoms with Crippen molar-refractivity contribution in [3.05, 3.63) is 35.4 Å². The lowest BCUT2D eigenvalue weighted by Crippen LogP contribution is -2.32. The molecular formula is C14H20N2O. The van der Waals surface area contributed by atoms with Crippen LogP contribution in [-0.2, 0) is 6.42 Å². The second-order valence-corrected chi connectivity index (χ2v) is 4.75. The molecule has 0 heterocycles. The molecule has 0 atom stereocenters. The van der Waals surface area contributed by atoms with Crippen molar-refractivity contribution >= 4 is 5.91 Å². The Labute approximate surface area is 102 Å². The Bertz CT molecular complexity index is 386. The molecule has 0 bridgehead atoms. The highest BCUT2D eigenvalue weighted by atomic mass is 16.1. The maximum absolute atomic E-state index is 11.9. The fourth-order valence-corrected chi connectivity index (χ4v) is 2.07. The fraction of sp³-hybridized carbons (Fsp3) is 0.500. The molecule has 1 saturated carbocycles. The number of benzene rings is 1. The number of nitrogens with two attached hydrogens (primary N) is 1. The van der Waals surface area contributed by atoms with E-state index in [1.807, 2.05) is 24.3 Å². The van der Waals surface area contributed by atoms with E-state index in [0.29, 0.717) is 12.5 Å². The molecule has 1 aromatic rings. The summed E-state index contributed by atoms with van der Waals surface area (Å²) < 4.78 is 0. The van der Waals surface area contributed by atoms with Crippen molar-refractivity contribution in [1.82, 2.24) is 5.32 Å². The summed E-state index contributed by atoms with van der Waals surface area (Å²) >= 11 is 0. The van der Waals surface area contributed by atoms with Gasteiger partial charge in [-0.05, 0) is 49.4 Å². The maximum Gasteiger partial charge on any atom is 0.251 e. The van der Waals surface area contributed by atoms with E-state index in [-0.39, 0.29) is 5.91 Å². The van der Waals surface area contributed by atoms with E-state index in [2.05, 4.69) is 5.32 Å². The molecule has 1 aliphatic carbocycles. The summed E-state index contributed by atoms with van der Waals surface area (Å²) in [5.74, 6) is 0.738. The lowest BCUT2D eigenvalue weighted by molar-refractivity contribution is 0.0939. The molecule has 0 unspecified atom stereocenters. The molecule has 0 radical (unpaired) electrons. The van der Waals surface area contributed by atoms with E-state index in [1.54, 1.807) is 0 Å². The first-order chi connectivity index (χ1) is 8.29. The van der Waals surface area contributed by atoms with Gasteiger partial charge in [0, 0.05) is 12.1 Å². The van der Waals surface area contributed by atoms with Gasteiger partial charge in [-0.15, -0.1) is 0 Å². The SMILES string of the molecule is NCCc1cccc(C(=O)NCC2CCC2)c1. The number of nitrogens with one attached hydrogen (secondary N) is 1. The third kappa shape index (κ3) is 3.30. The minimum Gasteiger partial charge on any atom is -0.352 e. The van der Waals surface area contributed by atoms with Gasteiger partial charge in [0.25, 0.3) is 5.91 Å². The summed E-state index contributed by atoms with van der Waals surface area (Å²) in [6, 6.07) is 7.72. The number of hydrogen-bond acceptors (Lipinski definition) is 2. The van der Waals surface area contributed by atoms with E-state index in [9.17, 15) is 4.79 Å². The molecule has 3 heteroatoms. The molecule has 92 valence electrons. The Morgan fingerprint density at radius 3 is 2.88 bits per heavy atom. The van der Waals surface area contributed by atoms with E-state index in [0.717, 1.165) is 24.1 Å². The van der Waals surface area contributed by atoms with Gasteiger partial charge in [-0.1, -0.05) is 18.6 Å². The third-order valence-electron chi connectivity index (χ3n) is 3.40. The normalized spacial score (nSPS) is 15.4. The molecule has 0 spiro atoms. The zero-order valence-corrected chi connectivity index (χ0v) is 10.1. The molecule has 17 heavy (non-hydrogen) atoms. The fourth-order valence-electron chi connectivity index (χ4n) is 2.07. The maximum atomic E-state index is 11.9. The summed E-state index contributed by atoms with van der Waals surface area (Å²) in [5, 5.41) is 3.00. The van der Waals surface area contributed by atoms with Crippen LogP contribution >= 0.6 is 0 Å². The van der Waals surface area contributed by atoms with Crippen LogP contribution in [-0.4, -0.2) is 19.0 Å². The first kappa shape index (κ1) is 12.1. The summed E-state index contributed by atoms with van der Waals surface area (Å²) in [4.78, 5) is 11.9. The van der Waals surface area contributed by atoms with Crippen LogP contribution in [0.25, 0.3) is 0 Å². The Balaban J connectivity index is 1.90. The zero-order valence-electron chi connectivity index (χ0n) is 10.1. The highest BCUT2D eigenvalue weighted by Gasteiger charge is 2.18. The van der Waals surface area contributed by atoms with Gasteiger partial charge in [-0.2, -0.15) is 0 Å². The smallest absolute Gasteiger partial charge is 0.251 e. The average molecular weight is 232 g/mol. The van der Waals surface area contributed by atoms with Crippen LogP contribution in [0, 0.1) is 5.92 Å². The molecule has 1 fully saturated rings. The molecule has 3 nitrogen and oxygen atoms in total. The monoisotopic (exact) mass is 232 g/mol. The van der Waals surface area contributed by atoms with Crippen molar-refractivity contribution in [2.45, 2.75) is 25.7 Å². The minimum atomic E-state index is 0.0378. The topological polar surface area (TPSA) is 55.1 Å². The van der Waals surface area contributed by atoms with Crippen LogP contribution in [0.5, 0.6) is 0 Å². The first-order valence-corrected chi connectivity index (χ1v) is 6.37. The van der Waals surface area contributed by atoms with Gasteiger partial charge >= 0.3 is 0 Å². The lowest BCUT2D eigenvalue weighted by Gasteiger charge is -2.25. The zero-order chi connectivity index (χ0) is 12.1. The van der Waals surface area contributed by atoms with Crippen molar-refractivity contribution in [1.29, 1.82) is 0 Å². The van der Waals surface area contributed by atoms with Crippen LogP contribution in [0.15, 0.2) is 24.3 Å². The van der Waals surface area contributed by atoms with Gasteiger partial charge in [0.05, 0.1) is 0 Å². The van der Waals surface area contributed by atoms with Gasteiger partial charge in [-0.25, -0.2) is 0 Å². The van der Waals surface area contributed by atoms with Crippen molar-refractivity contribution in [3.63, 3.8) is 0 Å². The second-order valence-electron chi connectivity index (χ2n) is 4.75. The molecule has 0 aromatic heterocycles. The third-order valence-corrected chi connectivity index (χ3v) is 3.40. The summed E-state index contributed by atoms with van der Waals surface area (Å²) in [5.41, 5.74) is 7.38. The van der Waals surface area contributed by atoms with Crippen LogP contribution in [0.4, 0.5) is 0 Å². The van der Waals surface area contributed by atoms with Gasteiger partial charge in [-0.3, -0.25) is 4.79 Å². The molecule has 1 aromatic carbocycles. The van der Waals surface area contributed by atoms with Crippen molar-refractivity contribution in [2.24, 2.45) is 11.7 Å². The number of hydrogen-bond donors (Lipinski definition) is 2. The van der Waals surface area contributed by atoms with Crippen molar-refractivity contribution in [2.75, 3.05) is 13.1 Å². The highest BCUT2D eigenvalue weighted by Crippen LogP contribution is 2.25. The van der Waals surface area contributed by atoms with Crippen molar-refractivity contribution in [3.8, 4) is 0 Å². The van der Waals surface area contributed by atoms with Crippen LogP contribution in [0.2, 0.25) is 0 Å². The summed E-state index contributed by atoms with van der Waals surface area (Å²) in [6.07, 6.45) is 4.65. The van der Waals surface area contributed by atoms with E-state index in [4.69, 9.17) is 5.73 Å². The predicted molar refractivity (Wildman–Crippen MR) is 68.9 cm³/mol. The Morgan fingerprint density at radius 2 is 2.24 bits per heavy atom. The largest absolute Gasteiger partial charge is 0.352 e. The standard InChI is InChI=1S/C14H20N2O/c15-8-7-11-3-2-6-13(9-11)14(17)16-10-12-4-1-5-12/h2-3,6,9,12H,1,4-5,7-8,10,15H2,(H,16,17). The Morgan fingerprint density at radius 1 is 1.41 bits per heavy atom. The van der Waals surface area contributed by atoms with Gasteiger partial charge in [0.2, 0.25) is 0 Å². The molecule has 0 aliphatic heterocycles. The number of carbonyl (C=O) groups excluding carboxylic acids is 1. The Kier molecular flexibility index (Phi) is 4.15. The average Bonchev–Trinajstić information content (AvgIpc) is 2.27. The van der Waals surface area contributed by atoms with Gasteiger partial charge in [0.1, 0.15) is 0 Å². The molecule has 2 rings (SSSR count). The van der Waals surface area contributed by atoms with Gasteiger partial charge < -0.3 is 11.1 Å². The van der Waals surface area contributed by atoms with Crippen LogP contribution < -0.4 is 11.1 Å². The van der Waals surface area contributed by atoms with Crippen LogP contribution in [0.3, 0.4) is 0 Å². The van der Waals surface area contributed by atoms with E-state index >= 15 is 0 Å². The molecular weight excluding hydrogens is 212 g/mol. The quantitative estimate of drug-likeness (QED) is 0.812. The molecule has 3 N–H and O–H groups in total. The molecule has 0 saturated heterocycles. The van der Waals surface area contributed by atoms with Crippen LogP contribution in [0.1, 0.15) is 35.2 Å². The lowest BCUT2D eigenvalue weighted by atomic mass is 9.85. The van der Waals surface area contributed by atoms with Gasteiger partial charge in [0.15, 0.2) is 0 Å². The summed E-state index contributed by atoms with van der Waals surface area (Å²) in [6.45, 7) is 1.44. The van der Waals surface area contributed by atoms with Crippen molar-refractivity contribution < 1.29 is 4.79 Å². The predicted octanol–water partition coefficient (Wildman–Crippen LogP) is 1.72. The second kappa shape index (κ2) is 5.82. The minimum absolute atomic E-state index is 0.0378. The van der Waals surface area contributed by atoms with E-state index < -0.39 is 0 Å². The van der Waals surface area contributed by atoms with E-state index in [1.165, 1.54) is 19.3 Å². The number of amides is 1. The molecule has 1 aliphatic rings.